The van der Waals surface area contributed by atoms with E-state index in [1.54, 1.807) is 34.7 Å². The maximum Gasteiger partial charge on any atom is 0.279 e. The molecule has 3 aromatic rings. The first-order chi connectivity index (χ1) is 13.6. The smallest absolute Gasteiger partial charge is 0.279 e. The number of para-hydroxylation sites is 1. The van der Waals surface area contributed by atoms with Gasteiger partial charge in [-0.25, -0.2) is 4.98 Å². The van der Waals surface area contributed by atoms with E-state index in [1.807, 2.05) is 49.6 Å². The second-order valence-corrected chi connectivity index (χ2v) is 7.26. The lowest BCUT2D eigenvalue weighted by molar-refractivity contribution is -0.112. The zero-order valence-electron chi connectivity index (χ0n) is 15.7. The number of benzene rings is 1. The minimum atomic E-state index is -0.161. The van der Waals surface area contributed by atoms with E-state index in [-0.39, 0.29) is 5.91 Å². The van der Waals surface area contributed by atoms with Crippen molar-refractivity contribution in [2.75, 3.05) is 11.4 Å². The van der Waals surface area contributed by atoms with E-state index in [9.17, 15) is 4.79 Å². The van der Waals surface area contributed by atoms with Crippen LogP contribution in [0.1, 0.15) is 22.5 Å². The second kappa shape index (κ2) is 7.36. The molecule has 7 heteroatoms. The average Bonchev–Trinajstić information content (AvgIpc) is 3.37. The van der Waals surface area contributed by atoms with Gasteiger partial charge in [0, 0.05) is 40.6 Å². The van der Waals surface area contributed by atoms with Gasteiger partial charge in [0.15, 0.2) is 10.8 Å². The first-order valence-corrected chi connectivity index (χ1v) is 9.71. The molecule has 0 atom stereocenters. The van der Waals surface area contributed by atoms with Crippen molar-refractivity contribution >= 4 is 34.9 Å². The Morgan fingerprint density at radius 2 is 2.11 bits per heavy atom. The zero-order chi connectivity index (χ0) is 19.7. The van der Waals surface area contributed by atoms with Gasteiger partial charge < -0.3 is 4.90 Å². The minimum Gasteiger partial charge on any atom is -0.302 e. The summed E-state index contributed by atoms with van der Waals surface area (Å²) >= 11 is 1.58. The van der Waals surface area contributed by atoms with Gasteiger partial charge in [-0.1, -0.05) is 24.3 Å². The lowest BCUT2D eigenvalue weighted by Gasteiger charge is -2.13. The maximum absolute atomic E-state index is 12.7. The highest BCUT2D eigenvalue weighted by Gasteiger charge is 2.33. The Kier molecular flexibility index (Phi) is 4.75. The Labute approximate surface area is 167 Å². The lowest BCUT2D eigenvalue weighted by atomic mass is 10.1. The van der Waals surface area contributed by atoms with Crippen molar-refractivity contribution in [3.8, 4) is 5.13 Å². The van der Waals surface area contributed by atoms with Crippen molar-refractivity contribution in [2.45, 2.75) is 13.8 Å². The number of hydrogen-bond acceptors (Lipinski definition) is 5. The van der Waals surface area contributed by atoms with Crippen molar-refractivity contribution in [1.82, 2.24) is 9.55 Å². The molecule has 1 aliphatic rings. The molecule has 0 saturated heterocycles. The van der Waals surface area contributed by atoms with Gasteiger partial charge in [-0.2, -0.15) is 5.10 Å². The topological polar surface area (TPSA) is 62.9 Å². The fourth-order valence-electron chi connectivity index (χ4n) is 3.36. The van der Waals surface area contributed by atoms with Gasteiger partial charge >= 0.3 is 0 Å². The Balaban J connectivity index is 1.67. The molecule has 0 unspecified atom stereocenters. The molecule has 0 bridgehead atoms. The van der Waals surface area contributed by atoms with Gasteiger partial charge in [-0.15, -0.1) is 23.0 Å². The maximum atomic E-state index is 12.7. The van der Waals surface area contributed by atoms with Crippen LogP contribution < -0.4 is 4.90 Å². The van der Waals surface area contributed by atoms with Crippen molar-refractivity contribution in [3.63, 3.8) is 0 Å². The van der Waals surface area contributed by atoms with Gasteiger partial charge in [0.25, 0.3) is 5.91 Å². The highest BCUT2D eigenvalue weighted by atomic mass is 32.1. The largest absolute Gasteiger partial charge is 0.302 e. The number of amides is 1. The van der Waals surface area contributed by atoms with Crippen molar-refractivity contribution < 1.29 is 4.79 Å². The van der Waals surface area contributed by atoms with Crippen molar-refractivity contribution in [1.29, 1.82) is 0 Å². The summed E-state index contributed by atoms with van der Waals surface area (Å²) in [5.74, 6) is -0.161. The standard InChI is InChI=1S/C21H19N5OS/c1-4-10-25-18-8-6-5-7-17(18)19(20(25)27)24-23-13-16-12-14(2)26(15(16)3)21-22-9-11-28-21/h4-9,11-13H,1,10H2,2-3H3/b23-13-,24-19+. The Hall–Kier alpha value is -3.32. The van der Waals surface area contributed by atoms with Crippen LogP contribution in [-0.2, 0) is 4.79 Å². The van der Waals surface area contributed by atoms with Crippen LogP contribution in [-0.4, -0.2) is 33.9 Å². The van der Waals surface area contributed by atoms with E-state index < -0.39 is 0 Å². The summed E-state index contributed by atoms with van der Waals surface area (Å²) < 4.78 is 2.08. The summed E-state index contributed by atoms with van der Waals surface area (Å²) in [6.07, 6.45) is 5.18. The van der Waals surface area contributed by atoms with Crippen molar-refractivity contribution in [3.05, 3.63) is 77.1 Å². The number of carbonyl (C=O) groups excluding carboxylic acids is 1. The summed E-state index contributed by atoms with van der Waals surface area (Å²) in [5.41, 5.74) is 5.02. The normalized spacial score (nSPS) is 15.0. The monoisotopic (exact) mass is 389 g/mol. The molecule has 2 aromatic heterocycles. The summed E-state index contributed by atoms with van der Waals surface area (Å²) in [4.78, 5) is 18.8. The Morgan fingerprint density at radius 1 is 1.29 bits per heavy atom. The van der Waals surface area contributed by atoms with Crippen molar-refractivity contribution in [2.24, 2.45) is 10.2 Å². The number of rotatable bonds is 5. The summed E-state index contributed by atoms with van der Waals surface area (Å²) in [6, 6.07) is 9.63. The van der Waals surface area contributed by atoms with E-state index >= 15 is 0 Å². The Bertz CT molecular complexity index is 1110. The third-order valence-corrected chi connectivity index (χ3v) is 5.40. The molecule has 1 amide bonds. The second-order valence-electron chi connectivity index (χ2n) is 6.39. The summed E-state index contributed by atoms with van der Waals surface area (Å²) in [7, 11) is 0. The zero-order valence-corrected chi connectivity index (χ0v) is 16.5. The molecular weight excluding hydrogens is 370 g/mol. The van der Waals surface area contributed by atoms with Crippen LogP contribution in [0.5, 0.6) is 0 Å². The molecule has 28 heavy (non-hydrogen) atoms. The molecule has 140 valence electrons. The van der Waals surface area contributed by atoms with Gasteiger partial charge in [0.05, 0.1) is 11.9 Å². The number of fused-ring (bicyclic) bond motifs is 1. The molecule has 0 N–H and O–H groups in total. The number of thiazole rings is 1. The molecule has 0 radical (unpaired) electrons. The van der Waals surface area contributed by atoms with E-state index in [4.69, 9.17) is 0 Å². The molecule has 6 nitrogen and oxygen atoms in total. The third-order valence-electron chi connectivity index (χ3n) is 4.64. The predicted octanol–water partition coefficient (Wildman–Crippen LogP) is 3.91. The number of carbonyl (C=O) groups is 1. The van der Waals surface area contributed by atoms with Gasteiger partial charge in [-0.05, 0) is 26.0 Å². The van der Waals surface area contributed by atoms with E-state index in [1.165, 1.54) is 0 Å². The lowest BCUT2D eigenvalue weighted by Crippen LogP contribution is -2.30. The average molecular weight is 389 g/mol. The van der Waals surface area contributed by atoms with Crippen LogP contribution in [0, 0.1) is 13.8 Å². The molecule has 1 aromatic carbocycles. The molecule has 4 rings (SSSR count). The van der Waals surface area contributed by atoms with Gasteiger partial charge in [0.1, 0.15) is 0 Å². The van der Waals surface area contributed by atoms with Crippen LogP contribution in [0.3, 0.4) is 0 Å². The molecule has 0 aliphatic carbocycles. The Morgan fingerprint density at radius 3 is 2.86 bits per heavy atom. The van der Waals surface area contributed by atoms with E-state index in [0.717, 1.165) is 33.3 Å². The van der Waals surface area contributed by atoms with Gasteiger partial charge in [-0.3, -0.25) is 9.36 Å². The number of aryl methyl sites for hydroxylation is 1. The number of hydrogen-bond donors (Lipinski definition) is 0. The van der Waals surface area contributed by atoms with Crippen LogP contribution in [0.2, 0.25) is 0 Å². The van der Waals surface area contributed by atoms with E-state index in [0.29, 0.717) is 12.3 Å². The molecule has 0 spiro atoms. The molecular formula is C21H19N5OS. The molecule has 3 heterocycles. The highest BCUT2D eigenvalue weighted by molar-refractivity contribution is 7.12. The van der Waals surface area contributed by atoms with Crippen LogP contribution in [0.15, 0.2) is 64.8 Å². The first kappa shape index (κ1) is 18.1. The number of nitrogens with zero attached hydrogens (tertiary/aromatic N) is 5. The van der Waals surface area contributed by atoms with Crippen LogP contribution >= 0.6 is 11.3 Å². The first-order valence-electron chi connectivity index (χ1n) is 8.84. The third kappa shape index (κ3) is 2.99. The van der Waals surface area contributed by atoms with Gasteiger partial charge in [0.2, 0.25) is 0 Å². The highest BCUT2D eigenvalue weighted by Crippen LogP contribution is 2.29. The van der Waals surface area contributed by atoms with E-state index in [2.05, 4.69) is 26.3 Å². The molecule has 0 fully saturated rings. The van der Waals surface area contributed by atoms with Crippen LogP contribution in [0.25, 0.3) is 5.13 Å². The number of aromatic nitrogens is 2. The predicted molar refractivity (Wildman–Crippen MR) is 114 cm³/mol. The fraction of sp³-hybridized carbons (Fsp3) is 0.143. The fourth-order valence-corrected chi connectivity index (χ4v) is 4.11. The molecule has 1 aliphatic heterocycles. The SMILES string of the molecule is C=CCN1C(=O)/C(=N/N=C\c2cc(C)n(-c3nccs3)c2C)c2ccccc21. The van der Waals surface area contributed by atoms with Crippen LogP contribution in [0.4, 0.5) is 5.69 Å². The number of anilines is 1. The molecule has 0 saturated carbocycles. The summed E-state index contributed by atoms with van der Waals surface area (Å²) in [5, 5.41) is 11.3. The quantitative estimate of drug-likeness (QED) is 0.377. The minimum absolute atomic E-state index is 0.161. The summed E-state index contributed by atoms with van der Waals surface area (Å²) in [6.45, 7) is 8.22.